The highest BCUT2D eigenvalue weighted by molar-refractivity contribution is 7.07. The number of hydrogen-bond acceptors (Lipinski definition) is 9. The molecular formula is C20H18N4O6S. The van der Waals surface area contributed by atoms with Crippen LogP contribution in [0.4, 0.5) is 5.69 Å². The Balaban J connectivity index is 1.84. The zero-order valence-electron chi connectivity index (χ0n) is 16.9. The van der Waals surface area contributed by atoms with Crippen LogP contribution < -0.4 is 23.7 Å². The van der Waals surface area contributed by atoms with Gasteiger partial charge in [0.15, 0.2) is 11.5 Å². The Kier molecular flexibility index (Phi) is 5.58. The van der Waals surface area contributed by atoms with Crippen LogP contribution in [0.3, 0.4) is 0 Å². The number of ether oxygens (including phenoxy) is 4. The number of nitro groups is 1. The molecule has 0 radical (unpaired) electrons. The van der Waals surface area contributed by atoms with E-state index in [0.717, 1.165) is 5.56 Å². The molecule has 2 heterocycles. The molecule has 1 aliphatic rings. The minimum atomic E-state index is -0.487. The second-order valence-corrected chi connectivity index (χ2v) is 7.11. The third-order valence-corrected chi connectivity index (χ3v) is 5.50. The van der Waals surface area contributed by atoms with Crippen molar-refractivity contribution in [1.82, 2.24) is 4.68 Å². The predicted molar refractivity (Wildman–Crippen MR) is 115 cm³/mol. The van der Waals surface area contributed by atoms with Crippen molar-refractivity contribution in [3.05, 3.63) is 56.2 Å². The van der Waals surface area contributed by atoms with Crippen LogP contribution in [0.1, 0.15) is 5.56 Å². The SMILES string of the molecule is CN=c1scc(-c2cc(OC)ccc2OC)n1N=Cc1cc2c(cc1[N+](=O)[O-])OCO2. The quantitative estimate of drug-likeness (QED) is 0.329. The van der Waals surface area contributed by atoms with Crippen LogP contribution in [0.2, 0.25) is 0 Å². The summed E-state index contributed by atoms with van der Waals surface area (Å²) in [5.41, 5.74) is 1.57. The van der Waals surface area contributed by atoms with Gasteiger partial charge in [-0.1, -0.05) is 0 Å². The van der Waals surface area contributed by atoms with E-state index in [2.05, 4.69) is 10.1 Å². The van der Waals surface area contributed by atoms with Crippen LogP contribution in [0, 0.1) is 10.1 Å². The molecule has 0 amide bonds. The third-order valence-electron chi connectivity index (χ3n) is 4.59. The summed E-state index contributed by atoms with van der Waals surface area (Å²) in [4.78, 5) is 15.9. The zero-order valence-corrected chi connectivity index (χ0v) is 17.7. The number of fused-ring (bicyclic) bond motifs is 1. The molecule has 4 rings (SSSR count). The van der Waals surface area contributed by atoms with E-state index < -0.39 is 4.92 Å². The largest absolute Gasteiger partial charge is 0.497 e. The number of thiazole rings is 1. The maximum absolute atomic E-state index is 11.5. The average molecular weight is 442 g/mol. The first-order chi connectivity index (χ1) is 15.0. The molecule has 160 valence electrons. The normalized spacial score (nSPS) is 13.1. The molecule has 2 aromatic carbocycles. The number of hydrogen-bond donors (Lipinski definition) is 0. The van der Waals surface area contributed by atoms with E-state index >= 15 is 0 Å². The lowest BCUT2D eigenvalue weighted by Gasteiger charge is -2.11. The second kappa shape index (κ2) is 8.48. The molecule has 1 aromatic heterocycles. The average Bonchev–Trinajstić information content (AvgIpc) is 3.42. The van der Waals surface area contributed by atoms with Crippen LogP contribution in [0.15, 0.2) is 45.8 Å². The number of nitro benzene ring substituents is 1. The van der Waals surface area contributed by atoms with E-state index in [0.29, 0.717) is 33.5 Å². The van der Waals surface area contributed by atoms with Crippen LogP contribution in [0.5, 0.6) is 23.0 Å². The van der Waals surface area contributed by atoms with Gasteiger partial charge >= 0.3 is 0 Å². The summed E-state index contributed by atoms with van der Waals surface area (Å²) in [6.45, 7) is 0.0189. The molecule has 3 aromatic rings. The van der Waals surface area contributed by atoms with Crippen molar-refractivity contribution in [3.63, 3.8) is 0 Å². The maximum atomic E-state index is 11.5. The molecule has 11 heteroatoms. The van der Waals surface area contributed by atoms with Crippen molar-refractivity contribution in [3.8, 4) is 34.3 Å². The lowest BCUT2D eigenvalue weighted by atomic mass is 10.1. The van der Waals surface area contributed by atoms with Crippen LogP contribution in [-0.4, -0.2) is 43.9 Å². The van der Waals surface area contributed by atoms with E-state index in [1.165, 1.54) is 29.7 Å². The van der Waals surface area contributed by atoms with Crippen LogP contribution in [0.25, 0.3) is 11.3 Å². The van der Waals surface area contributed by atoms with Gasteiger partial charge in [0.2, 0.25) is 11.6 Å². The topological polar surface area (TPSA) is 110 Å². The Bertz CT molecular complexity index is 1250. The first-order valence-corrected chi connectivity index (χ1v) is 9.91. The Morgan fingerprint density at radius 2 is 1.97 bits per heavy atom. The Hall–Kier alpha value is -3.86. The molecule has 0 fully saturated rings. The molecule has 0 aliphatic carbocycles. The molecule has 0 saturated carbocycles. The van der Waals surface area contributed by atoms with Crippen molar-refractivity contribution in [2.24, 2.45) is 10.1 Å². The summed E-state index contributed by atoms with van der Waals surface area (Å²) in [6.07, 6.45) is 1.40. The van der Waals surface area contributed by atoms with Gasteiger partial charge in [-0.2, -0.15) is 5.10 Å². The Morgan fingerprint density at radius 3 is 2.65 bits per heavy atom. The Labute approximate surface area is 180 Å². The molecule has 0 unspecified atom stereocenters. The fourth-order valence-corrected chi connectivity index (χ4v) is 3.89. The number of rotatable bonds is 6. The van der Waals surface area contributed by atoms with Crippen molar-refractivity contribution in [2.75, 3.05) is 28.1 Å². The summed E-state index contributed by atoms with van der Waals surface area (Å²) in [5.74, 6) is 2.04. The smallest absolute Gasteiger partial charge is 0.282 e. The summed E-state index contributed by atoms with van der Waals surface area (Å²) in [5, 5.41) is 17.9. The lowest BCUT2D eigenvalue weighted by molar-refractivity contribution is -0.385. The highest BCUT2D eigenvalue weighted by Crippen LogP contribution is 2.37. The van der Waals surface area contributed by atoms with Gasteiger partial charge in [0.25, 0.3) is 5.69 Å². The van der Waals surface area contributed by atoms with Gasteiger partial charge in [0.05, 0.1) is 42.7 Å². The van der Waals surface area contributed by atoms with Gasteiger partial charge < -0.3 is 18.9 Å². The van der Waals surface area contributed by atoms with Crippen molar-refractivity contribution < 1.29 is 23.9 Å². The molecule has 0 N–H and O–H groups in total. The first-order valence-electron chi connectivity index (χ1n) is 9.04. The van der Waals surface area contributed by atoms with Crippen molar-refractivity contribution in [2.45, 2.75) is 0 Å². The van der Waals surface area contributed by atoms with Gasteiger partial charge in [-0.15, -0.1) is 11.3 Å². The molecule has 0 atom stereocenters. The molecule has 0 saturated heterocycles. The minimum absolute atomic E-state index is 0.0189. The summed E-state index contributed by atoms with van der Waals surface area (Å²) < 4.78 is 23.0. The van der Waals surface area contributed by atoms with E-state index in [-0.39, 0.29) is 18.0 Å². The highest BCUT2D eigenvalue weighted by Gasteiger charge is 2.23. The van der Waals surface area contributed by atoms with Crippen LogP contribution >= 0.6 is 11.3 Å². The molecule has 10 nitrogen and oxygen atoms in total. The van der Waals surface area contributed by atoms with Crippen molar-refractivity contribution >= 4 is 23.2 Å². The fourth-order valence-electron chi connectivity index (χ4n) is 3.09. The zero-order chi connectivity index (χ0) is 22.0. The second-order valence-electron chi connectivity index (χ2n) is 6.27. The van der Waals surface area contributed by atoms with Gasteiger partial charge in [-0.25, -0.2) is 4.68 Å². The molecule has 0 bridgehead atoms. The standard InChI is InChI=1S/C20H18N4O6S/c1-21-20-23(16(10-31-20)14-7-13(27-2)4-5-17(14)28-3)22-9-12-6-18-19(30-11-29-18)8-15(12)24(25)26/h4-10H,11H2,1-3H3. The van der Waals surface area contributed by atoms with E-state index in [1.54, 1.807) is 38.1 Å². The number of methoxy groups -OCH3 is 2. The molecule has 0 spiro atoms. The van der Waals surface area contributed by atoms with E-state index in [4.69, 9.17) is 18.9 Å². The monoisotopic (exact) mass is 442 g/mol. The van der Waals surface area contributed by atoms with Crippen molar-refractivity contribution in [1.29, 1.82) is 0 Å². The van der Waals surface area contributed by atoms with E-state index in [9.17, 15) is 10.1 Å². The van der Waals surface area contributed by atoms with Gasteiger partial charge in [0.1, 0.15) is 11.5 Å². The highest BCUT2D eigenvalue weighted by atomic mass is 32.1. The van der Waals surface area contributed by atoms with E-state index in [1.807, 2.05) is 11.4 Å². The molecule has 1 aliphatic heterocycles. The first kappa shape index (κ1) is 20.4. The third kappa shape index (κ3) is 3.82. The number of nitrogens with zero attached hydrogens (tertiary/aromatic N) is 4. The van der Waals surface area contributed by atoms with Crippen LogP contribution in [-0.2, 0) is 0 Å². The predicted octanol–water partition coefficient (Wildman–Crippen LogP) is 3.28. The minimum Gasteiger partial charge on any atom is -0.497 e. The van der Waals surface area contributed by atoms with Gasteiger partial charge in [-0.05, 0) is 24.3 Å². The van der Waals surface area contributed by atoms with Gasteiger partial charge in [-0.3, -0.25) is 15.1 Å². The number of benzene rings is 2. The van der Waals surface area contributed by atoms with Gasteiger partial charge in [0, 0.05) is 18.0 Å². The fraction of sp³-hybridized carbons (Fsp3) is 0.200. The summed E-state index contributed by atoms with van der Waals surface area (Å²) >= 11 is 1.38. The number of aromatic nitrogens is 1. The lowest BCUT2D eigenvalue weighted by Crippen LogP contribution is -2.12. The maximum Gasteiger partial charge on any atom is 0.282 e. The molecular weight excluding hydrogens is 424 g/mol. The summed E-state index contributed by atoms with van der Waals surface area (Å²) in [7, 11) is 4.80. The summed E-state index contributed by atoms with van der Waals surface area (Å²) in [6, 6.07) is 8.29. The Morgan fingerprint density at radius 1 is 1.19 bits per heavy atom. The molecule has 31 heavy (non-hydrogen) atoms.